The molecular formula is C22H24N6. The minimum Gasteiger partial charge on any atom is -0.370 e. The van der Waals surface area contributed by atoms with Crippen molar-refractivity contribution in [2.24, 2.45) is 0 Å². The van der Waals surface area contributed by atoms with Crippen molar-refractivity contribution in [3.05, 3.63) is 72.2 Å². The Labute approximate surface area is 164 Å². The van der Waals surface area contributed by atoms with Crippen molar-refractivity contribution >= 4 is 11.6 Å². The van der Waals surface area contributed by atoms with Gasteiger partial charge in [0.2, 0.25) is 0 Å². The van der Waals surface area contributed by atoms with Crippen molar-refractivity contribution in [3.8, 4) is 11.4 Å². The number of nitrogens with zero attached hydrogens (tertiary/aromatic N) is 5. The quantitative estimate of drug-likeness (QED) is 0.488. The highest BCUT2D eigenvalue weighted by molar-refractivity contribution is 5.57. The summed E-state index contributed by atoms with van der Waals surface area (Å²) in [5, 5.41) is 8.18. The summed E-state index contributed by atoms with van der Waals surface area (Å²) >= 11 is 0. The Morgan fingerprint density at radius 3 is 2.64 bits per heavy atom. The summed E-state index contributed by atoms with van der Waals surface area (Å²) < 4.78 is 1.79. The first-order valence-corrected chi connectivity index (χ1v) is 9.66. The van der Waals surface area contributed by atoms with Crippen LogP contribution >= 0.6 is 0 Å². The number of fused-ring (bicyclic) bond motifs is 1. The van der Waals surface area contributed by atoms with E-state index < -0.39 is 0 Å². The van der Waals surface area contributed by atoms with Crippen LogP contribution in [0, 0.1) is 0 Å². The molecule has 0 spiro atoms. The molecule has 1 N–H and O–H groups in total. The van der Waals surface area contributed by atoms with Gasteiger partial charge in [0, 0.05) is 30.6 Å². The van der Waals surface area contributed by atoms with Crippen LogP contribution in [-0.4, -0.2) is 31.1 Å². The average Bonchev–Trinajstić information content (AvgIpc) is 3.17. The van der Waals surface area contributed by atoms with Crippen molar-refractivity contribution in [3.63, 3.8) is 0 Å². The molecule has 0 atom stereocenters. The predicted octanol–water partition coefficient (Wildman–Crippen LogP) is 4.35. The Morgan fingerprint density at radius 1 is 1.04 bits per heavy atom. The number of rotatable bonds is 7. The average molecular weight is 372 g/mol. The van der Waals surface area contributed by atoms with E-state index in [-0.39, 0.29) is 0 Å². The van der Waals surface area contributed by atoms with Gasteiger partial charge in [0.15, 0.2) is 5.82 Å². The summed E-state index contributed by atoms with van der Waals surface area (Å²) in [6.07, 6.45) is 5.59. The van der Waals surface area contributed by atoms with Gasteiger partial charge in [0.1, 0.15) is 5.82 Å². The fourth-order valence-electron chi connectivity index (χ4n) is 3.08. The minimum atomic E-state index is 0.313. The topological polar surface area (TPSA) is 68.0 Å². The zero-order chi connectivity index (χ0) is 19.3. The Bertz CT molecular complexity index is 1040. The van der Waals surface area contributed by atoms with Crippen molar-refractivity contribution in [2.75, 3.05) is 11.9 Å². The van der Waals surface area contributed by atoms with E-state index in [1.54, 1.807) is 16.9 Å². The Kier molecular flexibility index (Phi) is 5.28. The summed E-state index contributed by atoms with van der Waals surface area (Å²) in [5.41, 5.74) is 3.24. The molecule has 0 aliphatic rings. The standard InChI is InChI=1S/C22H24N6/c1-16(2)19-14-20(24-13-6-10-17-8-4-3-5-9-17)28-22(25-19)26-21(27-28)18-11-7-12-23-15-18/h3-5,7-9,11-12,14-16,24H,6,10,13H2,1-2H3. The van der Waals surface area contributed by atoms with Crippen LogP contribution in [0.25, 0.3) is 17.2 Å². The lowest BCUT2D eigenvalue weighted by Gasteiger charge is -2.11. The number of aromatic nitrogens is 5. The maximum Gasteiger partial charge on any atom is 0.254 e. The Hall–Kier alpha value is -3.28. The second-order valence-electron chi connectivity index (χ2n) is 7.13. The van der Waals surface area contributed by atoms with Gasteiger partial charge in [0.05, 0.1) is 5.69 Å². The highest BCUT2D eigenvalue weighted by Gasteiger charge is 2.14. The van der Waals surface area contributed by atoms with Gasteiger partial charge >= 0.3 is 0 Å². The first kappa shape index (κ1) is 18.1. The van der Waals surface area contributed by atoms with Crippen LogP contribution in [-0.2, 0) is 6.42 Å². The monoisotopic (exact) mass is 372 g/mol. The van der Waals surface area contributed by atoms with E-state index in [0.29, 0.717) is 17.5 Å². The molecule has 0 fully saturated rings. The van der Waals surface area contributed by atoms with Crippen LogP contribution in [0.2, 0.25) is 0 Å². The predicted molar refractivity (Wildman–Crippen MR) is 111 cm³/mol. The second kappa shape index (κ2) is 8.17. The first-order valence-electron chi connectivity index (χ1n) is 9.66. The molecular weight excluding hydrogens is 348 g/mol. The van der Waals surface area contributed by atoms with E-state index in [9.17, 15) is 0 Å². The Balaban J connectivity index is 1.57. The molecule has 0 amide bonds. The SMILES string of the molecule is CC(C)c1cc(NCCCc2ccccc2)n2nc(-c3cccnc3)nc2n1. The molecule has 4 aromatic rings. The normalized spacial score (nSPS) is 11.2. The largest absolute Gasteiger partial charge is 0.370 e. The third-order valence-corrected chi connectivity index (χ3v) is 4.63. The van der Waals surface area contributed by atoms with E-state index in [4.69, 9.17) is 0 Å². The third-order valence-electron chi connectivity index (χ3n) is 4.63. The second-order valence-corrected chi connectivity index (χ2v) is 7.13. The number of anilines is 1. The van der Waals surface area contributed by atoms with Gasteiger partial charge in [-0.25, -0.2) is 4.98 Å². The maximum atomic E-state index is 4.69. The van der Waals surface area contributed by atoms with Crippen molar-refractivity contribution in [1.29, 1.82) is 0 Å². The van der Waals surface area contributed by atoms with E-state index >= 15 is 0 Å². The summed E-state index contributed by atoms with van der Waals surface area (Å²) in [7, 11) is 0. The molecule has 0 saturated heterocycles. The molecule has 142 valence electrons. The van der Waals surface area contributed by atoms with Crippen LogP contribution in [0.5, 0.6) is 0 Å². The van der Waals surface area contributed by atoms with E-state index in [2.05, 4.69) is 69.5 Å². The first-order chi connectivity index (χ1) is 13.7. The molecule has 0 radical (unpaired) electrons. The van der Waals surface area contributed by atoms with Crippen LogP contribution < -0.4 is 5.32 Å². The van der Waals surface area contributed by atoms with Gasteiger partial charge < -0.3 is 5.32 Å². The van der Waals surface area contributed by atoms with Crippen molar-refractivity contribution in [1.82, 2.24) is 24.6 Å². The highest BCUT2D eigenvalue weighted by Crippen LogP contribution is 2.21. The van der Waals surface area contributed by atoms with E-state index in [1.807, 2.05) is 18.2 Å². The molecule has 0 bridgehead atoms. The smallest absolute Gasteiger partial charge is 0.254 e. The van der Waals surface area contributed by atoms with Crippen LogP contribution in [0.4, 0.5) is 5.82 Å². The maximum absolute atomic E-state index is 4.69. The van der Waals surface area contributed by atoms with Gasteiger partial charge in [-0.2, -0.15) is 9.50 Å². The molecule has 0 aliphatic carbocycles. The fraction of sp³-hybridized carbons (Fsp3) is 0.273. The molecule has 3 aromatic heterocycles. The summed E-state index contributed by atoms with van der Waals surface area (Å²) in [4.78, 5) is 13.5. The molecule has 0 unspecified atom stereocenters. The van der Waals surface area contributed by atoms with Gasteiger partial charge in [-0.3, -0.25) is 4.98 Å². The number of pyridine rings is 1. The van der Waals surface area contributed by atoms with Crippen LogP contribution in [0.3, 0.4) is 0 Å². The lowest BCUT2D eigenvalue weighted by molar-refractivity contribution is 0.799. The molecule has 28 heavy (non-hydrogen) atoms. The molecule has 6 heteroatoms. The number of hydrogen-bond donors (Lipinski definition) is 1. The molecule has 4 rings (SSSR count). The summed E-state index contributed by atoms with van der Waals surface area (Å²) in [6, 6.07) is 16.5. The zero-order valence-electron chi connectivity index (χ0n) is 16.2. The van der Waals surface area contributed by atoms with Crippen molar-refractivity contribution < 1.29 is 0 Å². The van der Waals surface area contributed by atoms with Gasteiger partial charge in [-0.1, -0.05) is 44.2 Å². The van der Waals surface area contributed by atoms with E-state index in [1.165, 1.54) is 5.56 Å². The fourth-order valence-corrected chi connectivity index (χ4v) is 3.08. The van der Waals surface area contributed by atoms with Crippen LogP contribution in [0.1, 0.15) is 37.4 Å². The number of benzene rings is 1. The molecule has 0 saturated carbocycles. The minimum absolute atomic E-state index is 0.313. The zero-order valence-corrected chi connectivity index (χ0v) is 16.2. The van der Waals surface area contributed by atoms with E-state index in [0.717, 1.165) is 36.5 Å². The molecule has 0 aliphatic heterocycles. The van der Waals surface area contributed by atoms with Crippen molar-refractivity contribution in [2.45, 2.75) is 32.6 Å². The number of aryl methyl sites for hydroxylation is 1. The van der Waals surface area contributed by atoms with Crippen LogP contribution in [0.15, 0.2) is 60.9 Å². The Morgan fingerprint density at radius 2 is 1.89 bits per heavy atom. The van der Waals surface area contributed by atoms with Gasteiger partial charge in [0.25, 0.3) is 5.78 Å². The number of nitrogens with one attached hydrogen (secondary N) is 1. The summed E-state index contributed by atoms with van der Waals surface area (Å²) in [6.45, 7) is 5.13. The summed E-state index contributed by atoms with van der Waals surface area (Å²) in [5.74, 6) is 2.47. The molecule has 1 aromatic carbocycles. The molecule has 3 heterocycles. The number of hydrogen-bond acceptors (Lipinski definition) is 5. The third kappa shape index (κ3) is 4.01. The van der Waals surface area contributed by atoms with Gasteiger partial charge in [-0.05, 0) is 36.5 Å². The van der Waals surface area contributed by atoms with Gasteiger partial charge in [-0.15, -0.1) is 5.10 Å². The molecule has 6 nitrogen and oxygen atoms in total. The lowest BCUT2D eigenvalue weighted by Crippen LogP contribution is -2.10. The lowest BCUT2D eigenvalue weighted by atomic mass is 10.1. The highest BCUT2D eigenvalue weighted by atomic mass is 15.4.